The van der Waals surface area contributed by atoms with Crippen molar-refractivity contribution in [3.05, 3.63) is 63.9 Å². The summed E-state index contributed by atoms with van der Waals surface area (Å²) in [7, 11) is 1.99. The van der Waals surface area contributed by atoms with Crippen LogP contribution in [-0.2, 0) is 12.5 Å². The fourth-order valence-corrected chi connectivity index (χ4v) is 3.26. The lowest BCUT2D eigenvalue weighted by Gasteiger charge is -2.18. The molecule has 0 aliphatic heterocycles. The molecule has 0 saturated carbocycles. The Labute approximate surface area is 151 Å². The van der Waals surface area contributed by atoms with Crippen LogP contribution in [-0.4, -0.2) is 8.94 Å². The van der Waals surface area contributed by atoms with Gasteiger partial charge in [0.1, 0.15) is 0 Å². The highest BCUT2D eigenvalue weighted by Crippen LogP contribution is 2.24. The van der Waals surface area contributed by atoms with Gasteiger partial charge in [-0.3, -0.25) is 3.96 Å². The Balaban J connectivity index is 1.94. The molecule has 5 heteroatoms. The monoisotopic (exact) mass is 357 g/mol. The summed E-state index contributed by atoms with van der Waals surface area (Å²) < 4.78 is 2.02. The summed E-state index contributed by atoms with van der Waals surface area (Å²) in [4.78, 5) is 10.0. The number of rotatable bonds is 2. The van der Waals surface area contributed by atoms with E-state index in [9.17, 15) is 0 Å². The van der Waals surface area contributed by atoms with Gasteiger partial charge in [0.15, 0.2) is 5.82 Å². The molecule has 0 fully saturated rings. The van der Waals surface area contributed by atoms with Gasteiger partial charge in [-0.25, -0.2) is 4.99 Å². The molecular weight excluding hydrogens is 338 g/mol. The van der Waals surface area contributed by atoms with Crippen LogP contribution in [0.25, 0.3) is 11.4 Å². The molecule has 1 aromatic heterocycles. The van der Waals surface area contributed by atoms with E-state index in [1.54, 1.807) is 0 Å². The molecule has 0 N–H and O–H groups in total. The lowest BCUT2D eigenvalue weighted by atomic mass is 9.87. The lowest BCUT2D eigenvalue weighted by molar-refractivity contribution is 0.590. The Morgan fingerprint density at radius 1 is 1.00 bits per heavy atom. The minimum atomic E-state index is 0.147. The van der Waals surface area contributed by atoms with E-state index >= 15 is 0 Å². The van der Waals surface area contributed by atoms with Crippen molar-refractivity contribution in [2.24, 2.45) is 12.0 Å². The summed E-state index contributed by atoms with van der Waals surface area (Å²) in [6.07, 6.45) is 0. The SMILES string of the molecule is Cn1sc(=Nc2ccc(C(C)(C)C)cc2)nc1-c1ccc(Cl)cc1. The first kappa shape index (κ1) is 16.9. The zero-order valence-electron chi connectivity index (χ0n) is 14.2. The van der Waals surface area contributed by atoms with Crippen molar-refractivity contribution < 1.29 is 0 Å². The Hall–Kier alpha value is -1.91. The summed E-state index contributed by atoms with van der Waals surface area (Å²) in [6.45, 7) is 6.62. The second-order valence-corrected chi connectivity index (χ2v) is 8.25. The van der Waals surface area contributed by atoms with Crippen LogP contribution >= 0.6 is 23.1 Å². The highest BCUT2D eigenvalue weighted by atomic mass is 35.5. The van der Waals surface area contributed by atoms with Crippen LogP contribution in [0.1, 0.15) is 26.3 Å². The molecule has 0 radical (unpaired) electrons. The number of aryl methyl sites for hydroxylation is 1. The average Bonchev–Trinajstić information content (AvgIpc) is 2.88. The topological polar surface area (TPSA) is 30.2 Å². The summed E-state index contributed by atoms with van der Waals surface area (Å²) in [6, 6.07) is 16.0. The number of benzene rings is 2. The van der Waals surface area contributed by atoms with E-state index in [2.05, 4.69) is 42.9 Å². The van der Waals surface area contributed by atoms with E-state index in [4.69, 9.17) is 11.6 Å². The largest absolute Gasteiger partial charge is 0.281 e. The van der Waals surface area contributed by atoms with Gasteiger partial charge in [-0.15, -0.1) is 0 Å². The summed E-state index contributed by atoms with van der Waals surface area (Å²) in [5.74, 6) is 0.890. The van der Waals surface area contributed by atoms with Crippen LogP contribution in [0.3, 0.4) is 0 Å². The van der Waals surface area contributed by atoms with Gasteiger partial charge in [-0.2, -0.15) is 4.98 Å². The smallest absolute Gasteiger partial charge is 0.227 e. The standard InChI is InChI=1S/C19H20ClN3S/c1-19(2,3)14-7-11-16(12-8-14)21-18-22-17(23(4)24-18)13-5-9-15(20)10-6-13/h5-12H,1-4H3. The van der Waals surface area contributed by atoms with Crippen LogP contribution in [0.15, 0.2) is 53.5 Å². The molecule has 0 bridgehead atoms. The van der Waals surface area contributed by atoms with E-state index in [1.807, 2.05) is 47.4 Å². The van der Waals surface area contributed by atoms with Crippen molar-refractivity contribution >= 4 is 28.8 Å². The van der Waals surface area contributed by atoms with E-state index in [-0.39, 0.29) is 5.41 Å². The second kappa shape index (κ2) is 6.54. The van der Waals surface area contributed by atoms with Gasteiger partial charge in [0, 0.05) is 17.6 Å². The first-order valence-corrected chi connectivity index (χ1v) is 8.94. The lowest BCUT2D eigenvalue weighted by Crippen LogP contribution is -2.10. The maximum Gasteiger partial charge on any atom is 0.227 e. The van der Waals surface area contributed by atoms with Gasteiger partial charge in [-0.05, 0) is 58.9 Å². The molecule has 1 heterocycles. The summed E-state index contributed by atoms with van der Waals surface area (Å²) in [5, 5.41) is 0.723. The quantitative estimate of drug-likeness (QED) is 0.609. The molecule has 24 heavy (non-hydrogen) atoms. The minimum Gasteiger partial charge on any atom is -0.281 e. The van der Waals surface area contributed by atoms with Gasteiger partial charge in [-0.1, -0.05) is 44.5 Å². The van der Waals surface area contributed by atoms with Gasteiger partial charge < -0.3 is 0 Å². The molecule has 2 aromatic carbocycles. The zero-order valence-corrected chi connectivity index (χ0v) is 15.8. The number of hydrogen-bond donors (Lipinski definition) is 0. The van der Waals surface area contributed by atoms with E-state index in [0.29, 0.717) is 0 Å². The predicted octanol–water partition coefficient (Wildman–Crippen LogP) is 5.33. The van der Waals surface area contributed by atoms with Crippen molar-refractivity contribution in [3.63, 3.8) is 0 Å². The van der Waals surface area contributed by atoms with Gasteiger partial charge >= 0.3 is 0 Å². The first-order chi connectivity index (χ1) is 11.3. The van der Waals surface area contributed by atoms with Gasteiger partial charge in [0.05, 0.1) is 5.69 Å². The fraction of sp³-hybridized carbons (Fsp3) is 0.263. The third kappa shape index (κ3) is 3.77. The van der Waals surface area contributed by atoms with Gasteiger partial charge in [0.25, 0.3) is 0 Å². The molecule has 3 nitrogen and oxygen atoms in total. The van der Waals surface area contributed by atoms with E-state index < -0.39 is 0 Å². The highest BCUT2D eigenvalue weighted by molar-refractivity contribution is 7.03. The van der Waals surface area contributed by atoms with Crippen molar-refractivity contribution in [3.8, 4) is 11.4 Å². The summed E-state index contributed by atoms with van der Waals surface area (Å²) in [5.41, 5.74) is 3.39. The molecule has 3 aromatic rings. The predicted molar refractivity (Wildman–Crippen MR) is 102 cm³/mol. The maximum atomic E-state index is 5.95. The Bertz CT molecular complexity index is 898. The van der Waals surface area contributed by atoms with Crippen LogP contribution in [0.5, 0.6) is 0 Å². The van der Waals surface area contributed by atoms with Crippen molar-refractivity contribution in [1.82, 2.24) is 8.94 Å². The van der Waals surface area contributed by atoms with Crippen molar-refractivity contribution in [1.29, 1.82) is 0 Å². The molecule has 3 rings (SSSR count). The third-order valence-corrected chi connectivity index (χ3v) is 4.82. The Morgan fingerprint density at radius 3 is 2.21 bits per heavy atom. The normalized spacial score (nSPS) is 12.6. The number of hydrogen-bond acceptors (Lipinski definition) is 3. The summed E-state index contributed by atoms with van der Waals surface area (Å²) >= 11 is 7.48. The third-order valence-electron chi connectivity index (χ3n) is 3.78. The van der Waals surface area contributed by atoms with Crippen LogP contribution in [0.2, 0.25) is 5.02 Å². The van der Waals surface area contributed by atoms with E-state index in [1.165, 1.54) is 17.1 Å². The minimum absolute atomic E-state index is 0.147. The number of aromatic nitrogens is 2. The fourth-order valence-electron chi connectivity index (χ4n) is 2.38. The number of halogens is 1. The molecule has 0 spiro atoms. The van der Waals surface area contributed by atoms with E-state index in [0.717, 1.165) is 26.9 Å². The molecular formula is C19H20ClN3S. The maximum absolute atomic E-state index is 5.95. The second-order valence-electron chi connectivity index (χ2n) is 6.72. The molecule has 0 saturated heterocycles. The zero-order chi connectivity index (χ0) is 17.3. The average molecular weight is 358 g/mol. The van der Waals surface area contributed by atoms with Gasteiger partial charge in [0.2, 0.25) is 4.80 Å². The van der Waals surface area contributed by atoms with Crippen molar-refractivity contribution in [2.75, 3.05) is 0 Å². The molecule has 0 atom stereocenters. The molecule has 124 valence electrons. The highest BCUT2D eigenvalue weighted by Gasteiger charge is 2.12. The van der Waals surface area contributed by atoms with Crippen LogP contribution in [0, 0.1) is 0 Å². The Morgan fingerprint density at radius 2 is 1.62 bits per heavy atom. The number of nitrogens with zero attached hydrogens (tertiary/aromatic N) is 3. The first-order valence-electron chi connectivity index (χ1n) is 7.78. The van der Waals surface area contributed by atoms with Crippen LogP contribution in [0.4, 0.5) is 5.69 Å². The van der Waals surface area contributed by atoms with Crippen molar-refractivity contribution in [2.45, 2.75) is 26.2 Å². The molecule has 0 aliphatic carbocycles. The molecule has 0 aliphatic rings. The molecule has 0 amide bonds. The Kier molecular flexibility index (Phi) is 4.61. The van der Waals surface area contributed by atoms with Crippen LogP contribution < -0.4 is 4.80 Å². The molecule has 0 unspecified atom stereocenters.